The third-order valence-corrected chi connectivity index (χ3v) is 3.99. The van der Waals surface area contributed by atoms with Crippen LogP contribution in [0.15, 0.2) is 37.1 Å². The van der Waals surface area contributed by atoms with E-state index < -0.39 is 0 Å². The molecule has 4 heteroatoms. The second-order valence-corrected chi connectivity index (χ2v) is 5.45. The van der Waals surface area contributed by atoms with Crippen LogP contribution < -0.4 is 5.32 Å². The molecule has 1 atom stereocenters. The maximum Gasteiger partial charge on any atom is 0.0945 e. The monoisotopic (exact) mass is 270 g/mol. The summed E-state index contributed by atoms with van der Waals surface area (Å²) in [5.41, 5.74) is 2.70. The summed E-state index contributed by atoms with van der Waals surface area (Å²) in [5.74, 6) is 0. The zero-order chi connectivity index (χ0) is 13.6. The normalized spacial score (nSPS) is 17.9. The van der Waals surface area contributed by atoms with E-state index in [9.17, 15) is 0 Å². The van der Waals surface area contributed by atoms with Crippen molar-refractivity contribution >= 4 is 0 Å². The highest BCUT2D eigenvalue weighted by Gasteiger charge is 2.20. The number of nitrogens with one attached hydrogen (secondary N) is 1. The summed E-state index contributed by atoms with van der Waals surface area (Å²) in [6.07, 6.45) is 13.7. The van der Waals surface area contributed by atoms with Gasteiger partial charge in [0.05, 0.1) is 12.0 Å². The fourth-order valence-electron chi connectivity index (χ4n) is 2.92. The molecule has 1 unspecified atom stereocenters. The first-order valence-corrected chi connectivity index (χ1v) is 7.56. The fraction of sp³-hybridized carbons (Fsp3) is 0.500. The van der Waals surface area contributed by atoms with E-state index in [2.05, 4.69) is 25.9 Å². The summed E-state index contributed by atoms with van der Waals surface area (Å²) >= 11 is 0. The molecule has 1 N–H and O–H groups in total. The Kier molecular flexibility index (Phi) is 4.43. The van der Waals surface area contributed by atoms with Crippen LogP contribution in [0.2, 0.25) is 0 Å². The summed E-state index contributed by atoms with van der Waals surface area (Å²) in [5, 5.41) is 3.67. The van der Waals surface area contributed by atoms with Crippen molar-refractivity contribution in [3.05, 3.63) is 48.3 Å². The molecule has 0 fully saturated rings. The SMILES string of the molecule is c1cnc2c(c1)CCCC2NCCCCn1ccnc1. The molecule has 0 saturated heterocycles. The van der Waals surface area contributed by atoms with Gasteiger partial charge in [0, 0.05) is 31.2 Å². The Morgan fingerprint density at radius 3 is 3.20 bits per heavy atom. The van der Waals surface area contributed by atoms with Gasteiger partial charge in [-0.3, -0.25) is 4.98 Å². The number of pyridine rings is 1. The number of hydrogen-bond acceptors (Lipinski definition) is 3. The van der Waals surface area contributed by atoms with E-state index >= 15 is 0 Å². The van der Waals surface area contributed by atoms with Gasteiger partial charge in [-0.2, -0.15) is 0 Å². The Morgan fingerprint density at radius 2 is 2.30 bits per heavy atom. The van der Waals surface area contributed by atoms with Crippen LogP contribution in [0, 0.1) is 0 Å². The molecule has 2 aromatic heterocycles. The topological polar surface area (TPSA) is 42.7 Å². The molecule has 106 valence electrons. The van der Waals surface area contributed by atoms with Crippen molar-refractivity contribution in [1.82, 2.24) is 19.9 Å². The van der Waals surface area contributed by atoms with Crippen LogP contribution in [-0.2, 0) is 13.0 Å². The van der Waals surface area contributed by atoms with Gasteiger partial charge in [0.15, 0.2) is 0 Å². The van der Waals surface area contributed by atoms with Gasteiger partial charge in [0.2, 0.25) is 0 Å². The largest absolute Gasteiger partial charge is 0.337 e. The Morgan fingerprint density at radius 1 is 1.30 bits per heavy atom. The molecule has 0 aliphatic heterocycles. The van der Waals surface area contributed by atoms with Crippen LogP contribution in [-0.4, -0.2) is 21.1 Å². The second kappa shape index (κ2) is 6.66. The molecule has 0 radical (unpaired) electrons. The zero-order valence-corrected chi connectivity index (χ0v) is 11.8. The van der Waals surface area contributed by atoms with Gasteiger partial charge in [0.25, 0.3) is 0 Å². The minimum absolute atomic E-state index is 0.452. The number of imidazole rings is 1. The van der Waals surface area contributed by atoms with Crippen LogP contribution >= 0.6 is 0 Å². The van der Waals surface area contributed by atoms with Crippen molar-refractivity contribution in [3.8, 4) is 0 Å². The minimum Gasteiger partial charge on any atom is -0.337 e. The first-order chi connectivity index (χ1) is 9.93. The summed E-state index contributed by atoms with van der Waals surface area (Å²) in [6, 6.07) is 4.72. The van der Waals surface area contributed by atoms with Gasteiger partial charge >= 0.3 is 0 Å². The Bertz CT molecular complexity index is 521. The quantitative estimate of drug-likeness (QED) is 0.821. The molecule has 0 spiro atoms. The molecule has 3 rings (SSSR count). The predicted octanol–water partition coefficient (Wildman–Crippen LogP) is 2.73. The van der Waals surface area contributed by atoms with Crippen LogP contribution in [0.3, 0.4) is 0 Å². The molecular weight excluding hydrogens is 248 g/mol. The molecular formula is C16H22N4. The number of unbranched alkanes of at least 4 members (excludes halogenated alkanes) is 1. The molecule has 0 amide bonds. The second-order valence-electron chi connectivity index (χ2n) is 5.45. The lowest BCUT2D eigenvalue weighted by molar-refractivity contribution is 0.437. The van der Waals surface area contributed by atoms with E-state index in [1.807, 2.05) is 31.0 Å². The molecule has 1 aliphatic carbocycles. The maximum absolute atomic E-state index is 4.57. The van der Waals surface area contributed by atoms with E-state index in [-0.39, 0.29) is 0 Å². The smallest absolute Gasteiger partial charge is 0.0945 e. The summed E-state index contributed by atoms with van der Waals surface area (Å²) in [4.78, 5) is 8.62. The van der Waals surface area contributed by atoms with E-state index in [0.717, 1.165) is 13.1 Å². The van der Waals surface area contributed by atoms with Crippen LogP contribution in [0.25, 0.3) is 0 Å². The highest BCUT2D eigenvalue weighted by Crippen LogP contribution is 2.27. The van der Waals surface area contributed by atoms with Gasteiger partial charge in [-0.25, -0.2) is 4.98 Å². The molecule has 1 aliphatic rings. The summed E-state index contributed by atoms with van der Waals surface area (Å²) < 4.78 is 2.14. The van der Waals surface area contributed by atoms with Crippen LogP contribution in [0.5, 0.6) is 0 Å². The van der Waals surface area contributed by atoms with Crippen molar-refractivity contribution in [2.45, 2.75) is 44.7 Å². The Hall–Kier alpha value is -1.68. The molecule has 4 nitrogen and oxygen atoms in total. The number of aryl methyl sites for hydroxylation is 2. The predicted molar refractivity (Wildman–Crippen MR) is 79.4 cm³/mol. The highest BCUT2D eigenvalue weighted by molar-refractivity contribution is 5.25. The summed E-state index contributed by atoms with van der Waals surface area (Å²) in [7, 11) is 0. The van der Waals surface area contributed by atoms with Crippen molar-refractivity contribution in [2.75, 3.05) is 6.54 Å². The van der Waals surface area contributed by atoms with Crippen LogP contribution in [0.4, 0.5) is 0 Å². The van der Waals surface area contributed by atoms with Crippen molar-refractivity contribution in [1.29, 1.82) is 0 Å². The lowest BCUT2D eigenvalue weighted by atomic mass is 9.92. The highest BCUT2D eigenvalue weighted by atomic mass is 15.0. The average molecular weight is 270 g/mol. The average Bonchev–Trinajstić information content (AvgIpc) is 3.00. The molecule has 20 heavy (non-hydrogen) atoms. The fourth-order valence-corrected chi connectivity index (χ4v) is 2.92. The van der Waals surface area contributed by atoms with Gasteiger partial charge in [-0.15, -0.1) is 0 Å². The van der Waals surface area contributed by atoms with Crippen molar-refractivity contribution in [3.63, 3.8) is 0 Å². The van der Waals surface area contributed by atoms with Crippen molar-refractivity contribution < 1.29 is 0 Å². The van der Waals surface area contributed by atoms with Crippen LogP contribution in [0.1, 0.15) is 43.0 Å². The lowest BCUT2D eigenvalue weighted by Crippen LogP contribution is -2.27. The van der Waals surface area contributed by atoms with Gasteiger partial charge in [-0.05, 0) is 50.3 Å². The zero-order valence-electron chi connectivity index (χ0n) is 11.8. The first kappa shape index (κ1) is 13.3. The number of nitrogens with zero attached hydrogens (tertiary/aromatic N) is 3. The lowest BCUT2D eigenvalue weighted by Gasteiger charge is -2.25. The van der Waals surface area contributed by atoms with E-state index in [4.69, 9.17) is 0 Å². The molecule has 2 heterocycles. The van der Waals surface area contributed by atoms with Crippen molar-refractivity contribution in [2.24, 2.45) is 0 Å². The Balaban J connectivity index is 1.43. The standard InChI is InChI=1S/C16H22N4/c1(2-11-20-12-10-17-13-20)8-18-15-7-3-5-14-6-4-9-19-16(14)15/h4,6,9-10,12-13,15,18H,1-3,5,7-8,11H2. The molecule has 0 bridgehead atoms. The van der Waals surface area contributed by atoms with E-state index in [0.29, 0.717) is 6.04 Å². The minimum atomic E-state index is 0.452. The first-order valence-electron chi connectivity index (χ1n) is 7.56. The van der Waals surface area contributed by atoms with Gasteiger partial charge in [0.1, 0.15) is 0 Å². The van der Waals surface area contributed by atoms with Gasteiger partial charge in [-0.1, -0.05) is 6.07 Å². The summed E-state index contributed by atoms with van der Waals surface area (Å²) in [6.45, 7) is 2.12. The number of hydrogen-bond donors (Lipinski definition) is 1. The van der Waals surface area contributed by atoms with Gasteiger partial charge < -0.3 is 9.88 Å². The van der Waals surface area contributed by atoms with E-state index in [1.54, 1.807) is 0 Å². The number of rotatable bonds is 6. The molecule has 0 aromatic carbocycles. The van der Waals surface area contributed by atoms with E-state index in [1.165, 1.54) is 43.4 Å². The maximum atomic E-state index is 4.57. The third-order valence-electron chi connectivity index (χ3n) is 3.99. The molecule has 0 saturated carbocycles. The third kappa shape index (κ3) is 3.25. The number of fused-ring (bicyclic) bond motifs is 1. The Labute approximate surface area is 120 Å². The molecule has 2 aromatic rings. The number of aromatic nitrogens is 3.